The highest BCUT2D eigenvalue weighted by molar-refractivity contribution is 6.00. The molecule has 0 spiro atoms. The van der Waals surface area contributed by atoms with Gasteiger partial charge in [-0.1, -0.05) is 6.92 Å². The summed E-state index contributed by atoms with van der Waals surface area (Å²) in [5.41, 5.74) is -1.03. The number of ether oxygens (including phenoxy) is 3. The fourth-order valence-electron chi connectivity index (χ4n) is 2.85. The van der Waals surface area contributed by atoms with E-state index in [1.807, 2.05) is 0 Å². The minimum absolute atomic E-state index is 0.0297. The van der Waals surface area contributed by atoms with Gasteiger partial charge in [-0.05, 0) is 30.2 Å². The van der Waals surface area contributed by atoms with E-state index in [0.29, 0.717) is 0 Å². The second-order valence-corrected chi connectivity index (χ2v) is 6.47. The highest BCUT2D eigenvalue weighted by Gasteiger charge is 2.48. The maximum Gasteiger partial charge on any atom is 0.573 e. The number of halogens is 6. The molecule has 0 saturated carbocycles. The molecule has 0 fully saturated rings. The van der Waals surface area contributed by atoms with Crippen molar-refractivity contribution < 1.29 is 55.3 Å². The van der Waals surface area contributed by atoms with Gasteiger partial charge in [-0.25, -0.2) is 0 Å². The minimum atomic E-state index is -5.03. The van der Waals surface area contributed by atoms with Crippen molar-refractivity contribution in [2.24, 2.45) is 0 Å². The van der Waals surface area contributed by atoms with Crippen LogP contribution in [-0.4, -0.2) is 56.0 Å². The normalized spacial score (nSPS) is 15.7. The number of amides is 1. The van der Waals surface area contributed by atoms with Crippen LogP contribution in [0.1, 0.15) is 18.1 Å². The van der Waals surface area contributed by atoms with Crippen molar-refractivity contribution in [3.63, 3.8) is 0 Å². The van der Waals surface area contributed by atoms with Crippen molar-refractivity contribution in [1.82, 2.24) is 5.32 Å². The molecule has 0 saturated heterocycles. The van der Waals surface area contributed by atoms with E-state index in [1.54, 1.807) is 0 Å². The molecule has 1 aliphatic rings. The van der Waals surface area contributed by atoms with Gasteiger partial charge in [-0.15, -0.1) is 23.3 Å². The summed E-state index contributed by atoms with van der Waals surface area (Å²) in [5.74, 6) is -2.16. The molecule has 0 aliphatic carbocycles. The first-order valence-corrected chi connectivity index (χ1v) is 9.32. The van der Waals surface area contributed by atoms with Crippen LogP contribution >= 0.6 is 0 Å². The minimum Gasteiger partial charge on any atom is -0.475 e. The van der Waals surface area contributed by atoms with Crippen LogP contribution in [0.2, 0.25) is 0 Å². The zero-order valence-corrected chi connectivity index (χ0v) is 16.9. The lowest BCUT2D eigenvalue weighted by molar-refractivity contribution is -0.758. The molecule has 1 aromatic rings. The first kappa shape index (κ1) is 26.0. The fourth-order valence-corrected chi connectivity index (χ4v) is 2.85. The number of hydrogen-bond acceptors (Lipinski definition) is 7. The van der Waals surface area contributed by atoms with Crippen molar-refractivity contribution in [1.29, 1.82) is 0 Å². The van der Waals surface area contributed by atoms with Crippen molar-refractivity contribution >= 4 is 12.0 Å². The summed E-state index contributed by atoms with van der Waals surface area (Å²) >= 11 is 0. The van der Waals surface area contributed by atoms with Gasteiger partial charge in [0, 0.05) is 12.1 Å². The zero-order valence-electron chi connectivity index (χ0n) is 16.9. The third kappa shape index (κ3) is 7.69. The maximum atomic E-state index is 13.6. The maximum absolute atomic E-state index is 13.6. The molecule has 1 heterocycles. The van der Waals surface area contributed by atoms with E-state index in [1.165, 1.54) is 6.92 Å². The molecule has 9 nitrogen and oxygen atoms in total. The summed E-state index contributed by atoms with van der Waals surface area (Å²) in [6, 6.07) is 1.74. The average molecular weight is 488 g/mol. The van der Waals surface area contributed by atoms with Crippen molar-refractivity contribution in [3.05, 3.63) is 38.9 Å². The number of fused-ring (bicyclic) bond motifs is 1. The van der Waals surface area contributed by atoms with E-state index < -0.39 is 41.0 Å². The van der Waals surface area contributed by atoms with Crippen LogP contribution in [0.15, 0.2) is 17.7 Å². The molecule has 1 atom stereocenters. The second-order valence-electron chi connectivity index (χ2n) is 6.47. The summed E-state index contributed by atoms with van der Waals surface area (Å²) < 4.78 is 92.2. The highest BCUT2D eigenvalue weighted by atomic mass is 19.4. The number of hydrogen-bond donors (Lipinski definition) is 1. The second kappa shape index (κ2) is 10.6. The van der Waals surface area contributed by atoms with Gasteiger partial charge in [-0.2, -0.15) is 13.2 Å². The van der Waals surface area contributed by atoms with E-state index >= 15 is 0 Å². The molecule has 1 unspecified atom stereocenters. The van der Waals surface area contributed by atoms with E-state index in [4.69, 9.17) is 9.47 Å². The number of carbonyl (C=O) groups is 1. The van der Waals surface area contributed by atoms with Gasteiger partial charge < -0.3 is 24.4 Å². The van der Waals surface area contributed by atoms with Crippen LogP contribution in [0, 0.1) is 10.1 Å². The number of aryl methyl sites for hydroxylation is 1. The standard InChI is InChI=1S/C18H18F6N2O7/c1-2-10-7-12(33-18(22,23)24)8-11-9-13(15(17(19,20)21)32-14(10)11)16(27)25-3-4-30-5-6-31-26(28)29/h7-9,15H,2-6H2,1H3,(H,25,27). The Morgan fingerprint density at radius 3 is 2.45 bits per heavy atom. The van der Waals surface area contributed by atoms with Gasteiger partial charge in [0.2, 0.25) is 6.10 Å². The lowest BCUT2D eigenvalue weighted by atomic mass is 9.97. The lowest BCUT2D eigenvalue weighted by Gasteiger charge is -2.30. The summed E-state index contributed by atoms with van der Waals surface area (Å²) in [6.07, 6.45) is -11.9. The summed E-state index contributed by atoms with van der Waals surface area (Å²) in [7, 11) is 0. The number of nitrogens with one attached hydrogen (secondary N) is 1. The van der Waals surface area contributed by atoms with Crippen LogP contribution in [0.25, 0.3) is 6.08 Å². The number of alkyl halides is 6. The molecule has 1 aliphatic heterocycles. The van der Waals surface area contributed by atoms with Gasteiger partial charge >= 0.3 is 12.5 Å². The fraction of sp³-hybridized carbons (Fsp3) is 0.500. The van der Waals surface area contributed by atoms with Crippen molar-refractivity contribution in [2.45, 2.75) is 32.0 Å². The van der Waals surface area contributed by atoms with Gasteiger partial charge in [0.25, 0.3) is 11.0 Å². The van der Waals surface area contributed by atoms with E-state index in [2.05, 4.69) is 14.9 Å². The smallest absolute Gasteiger partial charge is 0.475 e. The summed E-state index contributed by atoms with van der Waals surface area (Å²) in [6.45, 7) is 0.459. The molecule has 0 bridgehead atoms. The molecule has 0 aromatic heterocycles. The number of benzene rings is 1. The number of carbonyl (C=O) groups excluding carboxylic acids is 1. The van der Waals surface area contributed by atoms with Crippen LogP contribution in [-0.2, 0) is 20.8 Å². The molecular weight excluding hydrogens is 470 g/mol. The Morgan fingerprint density at radius 2 is 1.88 bits per heavy atom. The Hall–Kier alpha value is -3.23. The average Bonchev–Trinajstić information content (AvgIpc) is 2.69. The van der Waals surface area contributed by atoms with Crippen LogP contribution in [0.5, 0.6) is 11.5 Å². The van der Waals surface area contributed by atoms with E-state index in [-0.39, 0.29) is 49.7 Å². The van der Waals surface area contributed by atoms with Gasteiger partial charge in [0.15, 0.2) is 0 Å². The molecule has 1 N–H and O–H groups in total. The first-order valence-electron chi connectivity index (χ1n) is 9.32. The van der Waals surface area contributed by atoms with E-state index in [0.717, 1.165) is 18.2 Å². The predicted molar refractivity (Wildman–Crippen MR) is 97.7 cm³/mol. The monoisotopic (exact) mass is 488 g/mol. The lowest BCUT2D eigenvalue weighted by Crippen LogP contribution is -2.44. The first-order chi connectivity index (χ1) is 15.3. The molecule has 15 heteroatoms. The van der Waals surface area contributed by atoms with Crippen LogP contribution in [0.3, 0.4) is 0 Å². The SMILES string of the molecule is CCc1cc(OC(F)(F)F)cc2c1OC(C(F)(F)F)C(C(=O)NCCOCCO[N+](=O)[O-])=C2. The molecule has 1 aromatic carbocycles. The van der Waals surface area contributed by atoms with Crippen LogP contribution in [0.4, 0.5) is 26.3 Å². The molecule has 0 radical (unpaired) electrons. The Bertz CT molecular complexity index is 901. The molecule has 1 amide bonds. The third-order valence-corrected chi connectivity index (χ3v) is 4.13. The predicted octanol–water partition coefficient (Wildman–Crippen LogP) is 3.20. The third-order valence-electron chi connectivity index (χ3n) is 4.13. The number of nitrogens with zero attached hydrogens (tertiary/aromatic N) is 1. The Kier molecular flexibility index (Phi) is 8.35. The summed E-state index contributed by atoms with van der Waals surface area (Å²) in [5, 5.41) is 11.1. The number of rotatable bonds is 10. The molecule has 33 heavy (non-hydrogen) atoms. The molecule has 2 rings (SSSR count). The topological polar surface area (TPSA) is 109 Å². The highest BCUT2D eigenvalue weighted by Crippen LogP contribution is 2.41. The van der Waals surface area contributed by atoms with Crippen LogP contribution < -0.4 is 14.8 Å². The Labute approximate surface area is 182 Å². The van der Waals surface area contributed by atoms with Crippen molar-refractivity contribution in [3.8, 4) is 11.5 Å². The van der Waals surface area contributed by atoms with Gasteiger partial charge in [0.05, 0.1) is 18.8 Å². The van der Waals surface area contributed by atoms with E-state index in [9.17, 15) is 41.3 Å². The Balaban J connectivity index is 2.20. The quantitative estimate of drug-likeness (QED) is 0.233. The molecular formula is C18H18F6N2O7. The molecule has 184 valence electrons. The summed E-state index contributed by atoms with van der Waals surface area (Å²) in [4.78, 5) is 26.3. The van der Waals surface area contributed by atoms with Gasteiger partial charge in [0.1, 0.15) is 18.1 Å². The largest absolute Gasteiger partial charge is 0.573 e. The van der Waals surface area contributed by atoms with Gasteiger partial charge in [-0.3, -0.25) is 4.79 Å². The zero-order chi connectivity index (χ0) is 24.8. The van der Waals surface area contributed by atoms with Crippen molar-refractivity contribution in [2.75, 3.05) is 26.4 Å². The Morgan fingerprint density at radius 1 is 1.18 bits per heavy atom.